The van der Waals surface area contributed by atoms with Crippen molar-refractivity contribution in [2.75, 3.05) is 5.32 Å². The lowest BCUT2D eigenvalue weighted by atomic mass is 9.76. The summed E-state index contributed by atoms with van der Waals surface area (Å²) in [7, 11) is 0. The summed E-state index contributed by atoms with van der Waals surface area (Å²) in [6.07, 6.45) is 7.72. The molecule has 0 radical (unpaired) electrons. The topological polar surface area (TPSA) is 24.4 Å². The Kier molecular flexibility index (Phi) is 4.73. The van der Waals surface area contributed by atoms with Crippen LogP contribution in [0.1, 0.15) is 40.6 Å². The van der Waals surface area contributed by atoms with E-state index in [0.717, 1.165) is 22.7 Å². The first kappa shape index (κ1) is 18.2. The van der Waals surface area contributed by atoms with Crippen molar-refractivity contribution in [3.8, 4) is 0 Å². The van der Waals surface area contributed by atoms with Crippen LogP contribution in [-0.4, -0.2) is 6.21 Å². The van der Waals surface area contributed by atoms with Crippen LogP contribution >= 0.6 is 11.6 Å². The van der Waals surface area contributed by atoms with Crippen LogP contribution in [-0.2, 0) is 0 Å². The number of aliphatic imine (C=N–C) groups is 1. The fraction of sp³-hybridized carbons (Fsp3) is 0.192. The van der Waals surface area contributed by atoms with E-state index in [1.165, 1.54) is 22.4 Å². The number of allylic oxidation sites excluding steroid dienone is 2. The molecular weight excluding hydrogens is 376 g/mol. The van der Waals surface area contributed by atoms with Gasteiger partial charge in [-0.15, -0.1) is 0 Å². The number of anilines is 1. The van der Waals surface area contributed by atoms with Crippen LogP contribution in [0.2, 0.25) is 5.02 Å². The predicted molar refractivity (Wildman–Crippen MR) is 123 cm³/mol. The van der Waals surface area contributed by atoms with Crippen LogP contribution in [0.5, 0.6) is 0 Å². The second kappa shape index (κ2) is 7.53. The molecule has 3 atom stereocenters. The lowest BCUT2D eigenvalue weighted by molar-refractivity contribution is 0.425. The maximum absolute atomic E-state index is 5.94. The van der Waals surface area contributed by atoms with Gasteiger partial charge in [-0.25, -0.2) is 0 Å². The van der Waals surface area contributed by atoms with Gasteiger partial charge in [0.15, 0.2) is 0 Å². The first-order valence-corrected chi connectivity index (χ1v) is 10.5. The molecular formula is C26H23ClN2. The summed E-state index contributed by atoms with van der Waals surface area (Å²) in [6.45, 7) is 2.17. The largest absolute Gasteiger partial charge is 0.378 e. The minimum absolute atomic E-state index is 0.319. The van der Waals surface area contributed by atoms with Gasteiger partial charge in [0.25, 0.3) is 0 Å². The highest BCUT2D eigenvalue weighted by atomic mass is 35.5. The number of nitrogens with zero attached hydrogens (tertiary/aromatic N) is 1. The Balaban J connectivity index is 1.38. The number of fused-ring (bicyclic) bond motifs is 3. The second-order valence-corrected chi connectivity index (χ2v) is 8.40. The molecule has 0 bridgehead atoms. The Bertz CT molecular complexity index is 1080. The smallest absolute Gasteiger partial charge is 0.0630 e. The number of aryl methyl sites for hydroxylation is 1. The van der Waals surface area contributed by atoms with Gasteiger partial charge in [0.2, 0.25) is 0 Å². The van der Waals surface area contributed by atoms with Crippen molar-refractivity contribution < 1.29 is 0 Å². The molecule has 1 aliphatic heterocycles. The molecule has 3 aromatic carbocycles. The highest BCUT2D eigenvalue weighted by Crippen LogP contribution is 2.49. The third-order valence-electron chi connectivity index (χ3n) is 6.00. The molecule has 1 heterocycles. The van der Waals surface area contributed by atoms with Crippen LogP contribution in [0, 0.1) is 12.8 Å². The highest BCUT2D eigenvalue weighted by molar-refractivity contribution is 6.30. The minimum Gasteiger partial charge on any atom is -0.378 e. The monoisotopic (exact) mass is 398 g/mol. The molecule has 29 heavy (non-hydrogen) atoms. The molecule has 0 saturated heterocycles. The van der Waals surface area contributed by atoms with Crippen molar-refractivity contribution >= 4 is 29.2 Å². The van der Waals surface area contributed by atoms with E-state index in [9.17, 15) is 0 Å². The third-order valence-corrected chi connectivity index (χ3v) is 6.26. The first-order valence-electron chi connectivity index (χ1n) is 10.1. The number of hydrogen-bond acceptors (Lipinski definition) is 2. The van der Waals surface area contributed by atoms with E-state index in [0.29, 0.717) is 17.9 Å². The number of halogens is 1. The molecule has 0 amide bonds. The molecule has 0 spiro atoms. The average molecular weight is 399 g/mol. The van der Waals surface area contributed by atoms with Crippen molar-refractivity contribution in [1.82, 2.24) is 0 Å². The summed E-state index contributed by atoms with van der Waals surface area (Å²) >= 11 is 5.94. The van der Waals surface area contributed by atoms with Gasteiger partial charge in [0.1, 0.15) is 0 Å². The van der Waals surface area contributed by atoms with Crippen LogP contribution in [0.15, 0.2) is 83.9 Å². The average Bonchev–Trinajstić information content (AvgIpc) is 3.24. The van der Waals surface area contributed by atoms with Crippen molar-refractivity contribution in [1.29, 1.82) is 0 Å². The zero-order chi connectivity index (χ0) is 19.8. The molecule has 0 unspecified atom stereocenters. The van der Waals surface area contributed by atoms with Gasteiger partial charge in [-0.2, -0.15) is 0 Å². The van der Waals surface area contributed by atoms with Gasteiger partial charge in [-0.3, -0.25) is 4.99 Å². The molecule has 1 aliphatic carbocycles. The molecule has 2 nitrogen and oxygen atoms in total. The van der Waals surface area contributed by atoms with Gasteiger partial charge < -0.3 is 5.32 Å². The molecule has 1 N–H and O–H groups in total. The quantitative estimate of drug-likeness (QED) is 0.365. The Morgan fingerprint density at radius 1 is 1.00 bits per heavy atom. The summed E-state index contributed by atoms with van der Waals surface area (Å²) in [4.78, 5) is 4.60. The van der Waals surface area contributed by atoms with Crippen molar-refractivity contribution in [3.05, 3.63) is 106 Å². The molecule has 0 fully saturated rings. The van der Waals surface area contributed by atoms with Crippen LogP contribution in [0.25, 0.3) is 0 Å². The molecule has 2 aliphatic rings. The van der Waals surface area contributed by atoms with Gasteiger partial charge >= 0.3 is 0 Å². The SMILES string of the molecule is Cc1ccc2c(c1)[C@@H]1C=CC[C@@H]1[C@H](c1ccc(N=Cc3ccc(Cl)cc3)cc1)N2. The zero-order valence-corrected chi connectivity index (χ0v) is 17.1. The van der Waals surface area contributed by atoms with Crippen LogP contribution in [0.3, 0.4) is 0 Å². The van der Waals surface area contributed by atoms with Crippen LogP contribution < -0.4 is 5.32 Å². The maximum Gasteiger partial charge on any atom is 0.0630 e. The molecule has 5 rings (SSSR count). The van der Waals surface area contributed by atoms with E-state index in [-0.39, 0.29) is 0 Å². The van der Waals surface area contributed by atoms with Gasteiger partial charge in [0, 0.05) is 22.8 Å². The molecule has 0 saturated carbocycles. The Morgan fingerprint density at radius 2 is 1.79 bits per heavy atom. The minimum atomic E-state index is 0.319. The van der Waals surface area contributed by atoms with Crippen molar-refractivity contribution in [3.63, 3.8) is 0 Å². The fourth-order valence-electron chi connectivity index (χ4n) is 4.51. The number of nitrogens with one attached hydrogen (secondary N) is 1. The van der Waals surface area contributed by atoms with Gasteiger partial charge in [-0.1, -0.05) is 65.7 Å². The molecule has 0 aromatic heterocycles. The highest BCUT2D eigenvalue weighted by Gasteiger charge is 2.37. The number of benzene rings is 3. The number of rotatable bonds is 3. The maximum atomic E-state index is 5.94. The third kappa shape index (κ3) is 3.61. The lowest BCUT2D eigenvalue weighted by Crippen LogP contribution is -2.29. The number of hydrogen-bond donors (Lipinski definition) is 1. The van der Waals surface area contributed by atoms with E-state index >= 15 is 0 Å². The van der Waals surface area contributed by atoms with Gasteiger partial charge in [-0.05, 0) is 66.3 Å². The Labute approximate surface area is 177 Å². The summed E-state index contributed by atoms with van der Waals surface area (Å²) in [5.41, 5.74) is 7.34. The van der Waals surface area contributed by atoms with E-state index in [4.69, 9.17) is 11.6 Å². The normalized spacial score (nSPS) is 22.3. The first-order chi connectivity index (χ1) is 14.2. The Hall–Kier alpha value is -2.84. The van der Waals surface area contributed by atoms with Gasteiger partial charge in [0.05, 0.1) is 11.7 Å². The van der Waals surface area contributed by atoms with E-state index in [2.05, 4.69) is 71.8 Å². The van der Waals surface area contributed by atoms with E-state index in [1.54, 1.807) is 0 Å². The summed E-state index contributed by atoms with van der Waals surface area (Å²) < 4.78 is 0. The summed E-state index contributed by atoms with van der Waals surface area (Å²) in [5, 5.41) is 4.54. The fourth-order valence-corrected chi connectivity index (χ4v) is 4.64. The lowest BCUT2D eigenvalue weighted by Gasteiger charge is -2.37. The molecule has 3 aromatic rings. The van der Waals surface area contributed by atoms with Crippen molar-refractivity contribution in [2.24, 2.45) is 10.9 Å². The Morgan fingerprint density at radius 3 is 2.59 bits per heavy atom. The van der Waals surface area contributed by atoms with Crippen molar-refractivity contribution in [2.45, 2.75) is 25.3 Å². The van der Waals surface area contributed by atoms with E-state index < -0.39 is 0 Å². The van der Waals surface area contributed by atoms with Crippen LogP contribution in [0.4, 0.5) is 11.4 Å². The summed E-state index contributed by atoms with van der Waals surface area (Å²) in [6, 6.07) is 23.4. The summed E-state index contributed by atoms with van der Waals surface area (Å²) in [5.74, 6) is 1.06. The molecule has 144 valence electrons. The van der Waals surface area contributed by atoms with E-state index in [1.807, 2.05) is 30.5 Å². The molecule has 3 heteroatoms. The standard InChI is InChI=1S/C26H23ClN2/c1-17-5-14-25-24(15-17)22-3-2-4-23(22)26(29-25)19-8-12-21(13-9-19)28-16-18-6-10-20(27)11-7-18/h2-3,5-16,22-23,26,29H,4H2,1H3/t22-,23+,26+/m1/s1. The predicted octanol–water partition coefficient (Wildman–Crippen LogP) is 7.23. The second-order valence-electron chi connectivity index (χ2n) is 7.97. The zero-order valence-electron chi connectivity index (χ0n) is 16.3.